The summed E-state index contributed by atoms with van der Waals surface area (Å²) in [4.78, 5) is 29.1. The van der Waals surface area contributed by atoms with Crippen molar-refractivity contribution in [3.8, 4) is 11.5 Å². The highest BCUT2D eigenvalue weighted by atomic mass is 16.5. The fraction of sp³-hybridized carbons (Fsp3) is 0.422. The number of nitrogens with two attached hydrogens (primary N) is 4. The van der Waals surface area contributed by atoms with Gasteiger partial charge >= 0.3 is 0 Å². The molecule has 0 aliphatic heterocycles. The van der Waals surface area contributed by atoms with Gasteiger partial charge in [-0.25, -0.2) is 0 Å². The molecule has 0 bridgehead atoms. The Balaban J connectivity index is 1.22. The van der Waals surface area contributed by atoms with Gasteiger partial charge < -0.3 is 63.1 Å². The summed E-state index contributed by atoms with van der Waals surface area (Å²) in [6, 6.07) is 26.5. The van der Waals surface area contributed by atoms with E-state index in [1.54, 1.807) is 21.9 Å². The van der Waals surface area contributed by atoms with Gasteiger partial charge in [-0.15, -0.1) is 0 Å². The number of carbonyl (C=O) groups excluding carboxylic acids is 2. The van der Waals surface area contributed by atoms with Crippen molar-refractivity contribution in [1.29, 1.82) is 0 Å². The average molecular weight is 813 g/mol. The first-order valence-electron chi connectivity index (χ1n) is 20.2. The highest BCUT2D eigenvalue weighted by Crippen LogP contribution is 2.33. The lowest BCUT2D eigenvalue weighted by Gasteiger charge is -2.26. The molecule has 4 rings (SSSR count). The third-order valence-corrected chi connectivity index (χ3v) is 10.2. The van der Waals surface area contributed by atoms with E-state index >= 15 is 0 Å². The maximum atomic E-state index is 12.9. The zero-order chi connectivity index (χ0) is 43.0. The summed E-state index contributed by atoms with van der Waals surface area (Å²) in [5.41, 5.74) is 29.0. The van der Waals surface area contributed by atoms with Gasteiger partial charge in [-0.3, -0.25) is 9.59 Å². The second-order valence-corrected chi connectivity index (χ2v) is 15.2. The van der Waals surface area contributed by atoms with Gasteiger partial charge in [0.2, 0.25) is 0 Å². The predicted octanol–water partition coefficient (Wildman–Crippen LogP) is 3.05. The molecule has 320 valence electrons. The number of ether oxygens (including phenoxy) is 2. The second-order valence-electron chi connectivity index (χ2n) is 15.2. The Morgan fingerprint density at radius 2 is 0.932 bits per heavy atom. The van der Waals surface area contributed by atoms with E-state index in [4.69, 9.17) is 32.4 Å². The lowest BCUT2D eigenvalue weighted by molar-refractivity contribution is 0.0757. The zero-order valence-corrected chi connectivity index (χ0v) is 35.0. The van der Waals surface area contributed by atoms with Gasteiger partial charge in [0.1, 0.15) is 36.9 Å². The summed E-state index contributed by atoms with van der Waals surface area (Å²) < 4.78 is 11.8. The van der Waals surface area contributed by atoms with Crippen molar-refractivity contribution in [2.45, 2.75) is 45.3 Å². The van der Waals surface area contributed by atoms with E-state index in [-0.39, 0.29) is 43.5 Å². The van der Waals surface area contributed by atoms with Crippen molar-refractivity contribution in [2.75, 3.05) is 89.3 Å². The van der Waals surface area contributed by atoms with Crippen LogP contribution in [0.5, 0.6) is 11.5 Å². The largest absolute Gasteiger partial charge is 0.491 e. The monoisotopic (exact) mass is 812 g/mol. The molecule has 4 aromatic carbocycles. The molecule has 0 radical (unpaired) electrons. The van der Waals surface area contributed by atoms with Crippen LogP contribution in [0.1, 0.15) is 56.8 Å². The number of aryl methyl sites for hydroxylation is 2. The van der Waals surface area contributed by atoms with Crippen LogP contribution in [-0.4, -0.2) is 123 Å². The number of hydrogen-bond acceptors (Lipinski definition) is 12. The lowest BCUT2D eigenvalue weighted by atomic mass is 9.78. The van der Waals surface area contributed by atoms with E-state index in [9.17, 15) is 19.8 Å². The van der Waals surface area contributed by atoms with Crippen LogP contribution in [0.25, 0.3) is 0 Å². The number of hydrogen-bond donors (Lipinski definition) is 8. The number of aliphatic hydroxyl groups is 2. The minimum atomic E-state index is -0.769. The lowest BCUT2D eigenvalue weighted by Crippen LogP contribution is -2.38. The summed E-state index contributed by atoms with van der Waals surface area (Å²) in [6.07, 6.45) is -1.54. The van der Waals surface area contributed by atoms with Crippen molar-refractivity contribution < 1.29 is 29.3 Å². The topological polar surface area (TPSA) is 228 Å². The molecule has 0 aromatic heterocycles. The first-order valence-corrected chi connectivity index (χ1v) is 20.2. The third-order valence-electron chi connectivity index (χ3n) is 10.2. The molecule has 4 aromatic rings. The standard InChI is InChI=1S/C45H64N8O6/c1-31-25-33(43(56)52(21-17-46)22-18-47)5-15-41(31)50-27-37(54)29-58-39-11-7-35(8-12-39)45(3,4)36-9-13-40(14-10-36)59-30-38(55)28-51-42-16-6-34(26-32(42)2)44(57)53(23-19-48)24-20-49/h5-16,25-26,37-38,50-51,54-55H,17-24,27-30,46-49H2,1-4H3. The summed E-state index contributed by atoms with van der Waals surface area (Å²) in [5.74, 6) is 1.08. The van der Waals surface area contributed by atoms with Crippen LogP contribution in [0.4, 0.5) is 11.4 Å². The molecule has 59 heavy (non-hydrogen) atoms. The molecule has 12 N–H and O–H groups in total. The zero-order valence-electron chi connectivity index (χ0n) is 35.0. The quantitative estimate of drug-likeness (QED) is 0.0511. The molecule has 0 spiro atoms. The van der Waals surface area contributed by atoms with Crippen LogP contribution in [0.15, 0.2) is 84.9 Å². The van der Waals surface area contributed by atoms with Crippen molar-refractivity contribution >= 4 is 23.2 Å². The third kappa shape index (κ3) is 13.4. The molecule has 0 heterocycles. The van der Waals surface area contributed by atoms with Gasteiger partial charge in [0.05, 0.1) is 0 Å². The molecular weight excluding hydrogens is 749 g/mol. The summed E-state index contributed by atoms with van der Waals surface area (Å²) >= 11 is 0. The van der Waals surface area contributed by atoms with E-state index in [0.717, 1.165) is 33.6 Å². The Kier molecular flexibility index (Phi) is 18.0. The van der Waals surface area contributed by atoms with Gasteiger partial charge in [0.15, 0.2) is 0 Å². The molecule has 2 amide bonds. The van der Waals surface area contributed by atoms with E-state index in [1.165, 1.54) is 0 Å². The number of rotatable bonds is 24. The molecule has 2 atom stereocenters. The van der Waals surface area contributed by atoms with Crippen LogP contribution < -0.4 is 43.0 Å². The number of benzene rings is 4. The minimum absolute atomic E-state index is 0.102. The number of amides is 2. The normalized spacial score (nSPS) is 12.4. The van der Waals surface area contributed by atoms with Gasteiger partial charge in [-0.05, 0) is 96.8 Å². The van der Waals surface area contributed by atoms with E-state index in [0.29, 0.717) is 75.0 Å². The Hall–Kier alpha value is -5.22. The fourth-order valence-corrected chi connectivity index (χ4v) is 6.67. The molecule has 0 aliphatic carbocycles. The number of nitrogens with one attached hydrogen (secondary N) is 2. The average Bonchev–Trinajstić information content (AvgIpc) is 3.23. The van der Waals surface area contributed by atoms with Gasteiger partial charge in [-0.2, -0.15) is 0 Å². The molecular formula is C45H64N8O6. The van der Waals surface area contributed by atoms with E-state index < -0.39 is 12.2 Å². The second kappa shape index (κ2) is 22.8. The van der Waals surface area contributed by atoms with E-state index in [2.05, 4.69) is 24.5 Å². The molecule has 0 saturated heterocycles. The van der Waals surface area contributed by atoms with Crippen molar-refractivity contribution in [2.24, 2.45) is 22.9 Å². The number of nitrogens with zero attached hydrogens (tertiary/aromatic N) is 2. The Bertz CT molecular complexity index is 1780. The SMILES string of the molecule is Cc1cc(C(=O)N(CCN)CCN)ccc1NCC(O)COc1ccc(C(C)(C)c2ccc(OCC(O)CNc3ccc(C(=O)N(CCN)CCN)cc3C)cc2)cc1. The fourth-order valence-electron chi connectivity index (χ4n) is 6.67. The van der Waals surface area contributed by atoms with Crippen LogP contribution in [0, 0.1) is 13.8 Å². The van der Waals surface area contributed by atoms with Crippen LogP contribution in [-0.2, 0) is 5.41 Å². The summed E-state index contributed by atoms with van der Waals surface area (Å²) in [7, 11) is 0. The highest BCUT2D eigenvalue weighted by molar-refractivity contribution is 5.95. The Morgan fingerprint density at radius 1 is 0.593 bits per heavy atom. The number of carbonyl (C=O) groups is 2. The van der Waals surface area contributed by atoms with Crippen LogP contribution in [0.3, 0.4) is 0 Å². The molecule has 14 nitrogen and oxygen atoms in total. The summed E-state index contributed by atoms with van der Waals surface area (Å²) in [5, 5.41) is 27.8. The predicted molar refractivity (Wildman–Crippen MR) is 235 cm³/mol. The molecule has 0 saturated carbocycles. The number of anilines is 2. The van der Waals surface area contributed by atoms with Crippen LogP contribution >= 0.6 is 0 Å². The molecule has 2 unspecified atom stereocenters. The minimum Gasteiger partial charge on any atom is -0.491 e. The van der Waals surface area contributed by atoms with Crippen LogP contribution in [0.2, 0.25) is 0 Å². The maximum Gasteiger partial charge on any atom is 0.253 e. The molecule has 0 fully saturated rings. The first kappa shape index (κ1) is 46.5. The smallest absolute Gasteiger partial charge is 0.253 e. The molecule has 14 heteroatoms. The van der Waals surface area contributed by atoms with Gasteiger partial charge in [0, 0.05) is 93.4 Å². The van der Waals surface area contributed by atoms with E-state index in [1.807, 2.05) is 86.6 Å². The van der Waals surface area contributed by atoms with Gasteiger partial charge in [0.25, 0.3) is 11.8 Å². The first-order chi connectivity index (χ1) is 28.3. The Labute approximate surface area is 348 Å². The number of aliphatic hydroxyl groups excluding tert-OH is 2. The van der Waals surface area contributed by atoms with Crippen molar-refractivity contribution in [3.05, 3.63) is 118 Å². The van der Waals surface area contributed by atoms with Crippen molar-refractivity contribution in [3.63, 3.8) is 0 Å². The van der Waals surface area contributed by atoms with Crippen molar-refractivity contribution in [1.82, 2.24) is 9.80 Å². The highest BCUT2D eigenvalue weighted by Gasteiger charge is 2.24. The summed E-state index contributed by atoms with van der Waals surface area (Å²) in [6.45, 7) is 12.1. The molecule has 0 aliphatic rings. The maximum absolute atomic E-state index is 12.9. The van der Waals surface area contributed by atoms with Gasteiger partial charge in [-0.1, -0.05) is 38.1 Å². The Morgan fingerprint density at radius 3 is 1.24 bits per heavy atom.